The van der Waals surface area contributed by atoms with Crippen LogP contribution in [0, 0.1) is 5.41 Å². The standard InChI is InChI=1S/C14H25N3O/c1-6-17-12(13(18-5)14(2,3)4)10-9-16-8-7-11(10)15/h7-9,12-13,17H,6H2,1-5H3,(H2,15,16). The van der Waals surface area contributed by atoms with Gasteiger partial charge in [-0.15, -0.1) is 0 Å². The maximum absolute atomic E-state index is 6.05. The summed E-state index contributed by atoms with van der Waals surface area (Å²) in [6.45, 7) is 9.43. The Labute approximate surface area is 110 Å². The van der Waals surface area contributed by atoms with E-state index in [1.54, 1.807) is 13.3 Å². The van der Waals surface area contributed by atoms with E-state index in [0.29, 0.717) is 0 Å². The monoisotopic (exact) mass is 251 g/mol. The summed E-state index contributed by atoms with van der Waals surface area (Å²) in [7, 11) is 1.74. The number of methoxy groups -OCH3 is 1. The summed E-state index contributed by atoms with van der Waals surface area (Å²) in [5.74, 6) is 0. The lowest BCUT2D eigenvalue weighted by Crippen LogP contribution is -2.41. The van der Waals surface area contributed by atoms with Crippen LogP contribution >= 0.6 is 0 Å². The molecule has 1 heterocycles. The van der Waals surface area contributed by atoms with Crippen molar-refractivity contribution >= 4 is 5.69 Å². The van der Waals surface area contributed by atoms with Gasteiger partial charge in [-0.05, 0) is 18.0 Å². The van der Waals surface area contributed by atoms with Gasteiger partial charge in [0.1, 0.15) is 0 Å². The Morgan fingerprint density at radius 2 is 2.11 bits per heavy atom. The van der Waals surface area contributed by atoms with Crippen LogP contribution in [0.4, 0.5) is 5.69 Å². The summed E-state index contributed by atoms with van der Waals surface area (Å²) in [4.78, 5) is 4.17. The summed E-state index contributed by atoms with van der Waals surface area (Å²) in [5, 5.41) is 3.45. The van der Waals surface area contributed by atoms with E-state index < -0.39 is 0 Å². The predicted octanol–water partition coefficient (Wildman–Crippen LogP) is 2.38. The molecule has 1 rings (SSSR count). The first kappa shape index (κ1) is 14.9. The number of aromatic nitrogens is 1. The molecule has 1 aromatic heterocycles. The zero-order valence-electron chi connectivity index (χ0n) is 12.0. The summed E-state index contributed by atoms with van der Waals surface area (Å²) in [6, 6.07) is 1.88. The molecule has 0 aliphatic rings. The number of hydrogen-bond acceptors (Lipinski definition) is 4. The van der Waals surface area contributed by atoms with Gasteiger partial charge in [0.05, 0.1) is 12.1 Å². The maximum atomic E-state index is 6.05. The van der Waals surface area contributed by atoms with Crippen molar-refractivity contribution in [1.29, 1.82) is 0 Å². The van der Waals surface area contributed by atoms with Crippen molar-refractivity contribution in [2.45, 2.75) is 39.8 Å². The molecule has 18 heavy (non-hydrogen) atoms. The lowest BCUT2D eigenvalue weighted by molar-refractivity contribution is -0.0115. The molecule has 2 unspecified atom stereocenters. The number of pyridine rings is 1. The number of ether oxygens (including phenoxy) is 1. The Balaban J connectivity index is 3.13. The fourth-order valence-corrected chi connectivity index (χ4v) is 2.27. The molecule has 1 aromatic rings. The second-order valence-electron chi connectivity index (χ2n) is 5.56. The van der Waals surface area contributed by atoms with Gasteiger partial charge in [0.15, 0.2) is 0 Å². The lowest BCUT2D eigenvalue weighted by atomic mass is 9.82. The number of hydrogen-bond donors (Lipinski definition) is 2. The van der Waals surface area contributed by atoms with Crippen molar-refractivity contribution in [2.75, 3.05) is 19.4 Å². The van der Waals surface area contributed by atoms with E-state index in [9.17, 15) is 0 Å². The summed E-state index contributed by atoms with van der Waals surface area (Å²) >= 11 is 0. The SMILES string of the molecule is CCNC(c1cnccc1N)C(OC)C(C)(C)C. The van der Waals surface area contributed by atoms with Gasteiger partial charge < -0.3 is 15.8 Å². The number of rotatable bonds is 5. The summed E-state index contributed by atoms with van der Waals surface area (Å²) in [6.07, 6.45) is 3.56. The number of likely N-dealkylation sites (N-methyl/N-ethyl adjacent to an activating group) is 1. The van der Waals surface area contributed by atoms with Crippen molar-refractivity contribution in [3.8, 4) is 0 Å². The third-order valence-electron chi connectivity index (χ3n) is 3.06. The topological polar surface area (TPSA) is 60.2 Å². The molecule has 4 heteroatoms. The van der Waals surface area contributed by atoms with Crippen LogP contribution < -0.4 is 11.1 Å². The molecule has 0 amide bonds. The highest BCUT2D eigenvalue weighted by atomic mass is 16.5. The van der Waals surface area contributed by atoms with Crippen LogP contribution in [0.5, 0.6) is 0 Å². The summed E-state index contributed by atoms with van der Waals surface area (Å²) < 4.78 is 5.69. The normalized spacial score (nSPS) is 15.4. The second-order valence-corrected chi connectivity index (χ2v) is 5.56. The maximum Gasteiger partial charge on any atom is 0.0815 e. The average molecular weight is 251 g/mol. The molecule has 0 saturated carbocycles. The van der Waals surface area contributed by atoms with E-state index in [1.165, 1.54) is 0 Å². The number of nitrogens with one attached hydrogen (secondary N) is 1. The first-order chi connectivity index (χ1) is 8.41. The molecular weight excluding hydrogens is 226 g/mol. The molecule has 3 N–H and O–H groups in total. The molecule has 4 nitrogen and oxygen atoms in total. The quantitative estimate of drug-likeness (QED) is 0.843. The van der Waals surface area contributed by atoms with Gasteiger partial charge in [0, 0.05) is 30.8 Å². The van der Waals surface area contributed by atoms with Gasteiger partial charge in [-0.25, -0.2) is 0 Å². The highest BCUT2D eigenvalue weighted by Crippen LogP contribution is 2.34. The minimum Gasteiger partial charge on any atom is -0.398 e. The molecule has 0 aliphatic carbocycles. The van der Waals surface area contributed by atoms with Crippen molar-refractivity contribution in [1.82, 2.24) is 10.3 Å². The number of anilines is 1. The van der Waals surface area contributed by atoms with Crippen LogP contribution in [0.3, 0.4) is 0 Å². The number of nitrogens with two attached hydrogens (primary N) is 1. The van der Waals surface area contributed by atoms with Crippen molar-refractivity contribution < 1.29 is 4.74 Å². The Morgan fingerprint density at radius 3 is 2.56 bits per heavy atom. The van der Waals surface area contributed by atoms with Crippen LogP contribution in [-0.4, -0.2) is 24.7 Å². The van der Waals surface area contributed by atoms with Gasteiger partial charge >= 0.3 is 0 Å². The largest absolute Gasteiger partial charge is 0.398 e. The highest BCUT2D eigenvalue weighted by molar-refractivity contribution is 5.46. The lowest BCUT2D eigenvalue weighted by Gasteiger charge is -2.36. The molecule has 0 fully saturated rings. The van der Waals surface area contributed by atoms with Gasteiger partial charge in [-0.2, -0.15) is 0 Å². The molecular formula is C14H25N3O. The van der Waals surface area contributed by atoms with Gasteiger partial charge in [0.25, 0.3) is 0 Å². The van der Waals surface area contributed by atoms with E-state index in [-0.39, 0.29) is 17.6 Å². The smallest absolute Gasteiger partial charge is 0.0815 e. The Kier molecular flexibility index (Phi) is 5.11. The third-order valence-corrected chi connectivity index (χ3v) is 3.06. The van der Waals surface area contributed by atoms with Crippen LogP contribution in [0.15, 0.2) is 18.5 Å². The molecule has 0 radical (unpaired) electrons. The van der Waals surface area contributed by atoms with E-state index >= 15 is 0 Å². The van der Waals surface area contributed by atoms with E-state index in [1.807, 2.05) is 12.3 Å². The van der Waals surface area contributed by atoms with Gasteiger partial charge in [-0.3, -0.25) is 4.98 Å². The van der Waals surface area contributed by atoms with Crippen LogP contribution in [0.2, 0.25) is 0 Å². The molecule has 102 valence electrons. The fraction of sp³-hybridized carbons (Fsp3) is 0.643. The van der Waals surface area contributed by atoms with Gasteiger partial charge in [0.2, 0.25) is 0 Å². The second kappa shape index (κ2) is 6.16. The van der Waals surface area contributed by atoms with Crippen LogP contribution in [0.25, 0.3) is 0 Å². The molecule has 0 spiro atoms. The Bertz CT molecular complexity index is 374. The van der Waals surface area contributed by atoms with Crippen molar-refractivity contribution in [3.63, 3.8) is 0 Å². The Hall–Kier alpha value is -1.13. The van der Waals surface area contributed by atoms with Gasteiger partial charge in [-0.1, -0.05) is 27.7 Å². The highest BCUT2D eigenvalue weighted by Gasteiger charge is 2.33. The zero-order chi connectivity index (χ0) is 13.8. The van der Waals surface area contributed by atoms with E-state index in [2.05, 4.69) is 38.0 Å². The first-order valence-electron chi connectivity index (χ1n) is 6.37. The number of nitrogen functional groups attached to an aromatic ring is 1. The molecule has 2 atom stereocenters. The van der Waals surface area contributed by atoms with Crippen molar-refractivity contribution in [2.24, 2.45) is 5.41 Å². The predicted molar refractivity (Wildman–Crippen MR) is 75.3 cm³/mol. The molecule has 0 saturated heterocycles. The minimum absolute atomic E-state index is 0.0177. The summed E-state index contributed by atoms with van der Waals surface area (Å²) in [5.41, 5.74) is 7.82. The van der Waals surface area contributed by atoms with E-state index in [4.69, 9.17) is 10.5 Å². The first-order valence-corrected chi connectivity index (χ1v) is 6.37. The fourth-order valence-electron chi connectivity index (χ4n) is 2.27. The zero-order valence-corrected chi connectivity index (χ0v) is 12.0. The minimum atomic E-state index is 0.0177. The van der Waals surface area contributed by atoms with Crippen LogP contribution in [-0.2, 0) is 4.74 Å². The van der Waals surface area contributed by atoms with Crippen molar-refractivity contribution in [3.05, 3.63) is 24.0 Å². The Morgan fingerprint density at radius 1 is 1.44 bits per heavy atom. The van der Waals surface area contributed by atoms with E-state index in [0.717, 1.165) is 17.8 Å². The van der Waals surface area contributed by atoms with Crippen LogP contribution in [0.1, 0.15) is 39.3 Å². The molecule has 0 aliphatic heterocycles. The molecule has 0 bridgehead atoms. The average Bonchev–Trinajstić information content (AvgIpc) is 2.28. The third kappa shape index (κ3) is 3.43. The molecule has 0 aromatic carbocycles. The number of nitrogens with zero attached hydrogens (tertiary/aromatic N) is 1.